The van der Waals surface area contributed by atoms with Gasteiger partial charge in [-0.25, -0.2) is 0 Å². The Bertz CT molecular complexity index is 191. The number of aliphatic carboxylic acids is 1. The zero-order chi connectivity index (χ0) is 9.28. The molecule has 0 fully saturated rings. The van der Waals surface area contributed by atoms with E-state index < -0.39 is 12.1 Å². The molecule has 0 aliphatic heterocycles. The summed E-state index contributed by atoms with van der Waals surface area (Å²) in [6, 6.07) is 0. The van der Waals surface area contributed by atoms with Crippen LogP contribution in [-0.4, -0.2) is 12.1 Å². The molecule has 0 heterocycles. The number of carboxylic acids is 1. The van der Waals surface area contributed by atoms with Crippen molar-refractivity contribution in [3.8, 4) is 11.8 Å². The largest absolute Gasteiger partial charge is 1.00 e. The molecule has 0 aliphatic carbocycles. The van der Waals surface area contributed by atoms with Gasteiger partial charge in [0.15, 0.2) is 0 Å². The topological polar surface area (TPSA) is 103 Å². The third kappa shape index (κ3) is 59.1. The second-order valence-electron chi connectivity index (χ2n) is 1.19. The van der Waals surface area contributed by atoms with Gasteiger partial charge in [-0.05, 0) is 12.1 Å². The normalized spacial score (nSPS) is 4.93. The van der Waals surface area contributed by atoms with Crippen LogP contribution < -0.4 is 169 Å². The number of carbonyl (C=O) groups excluding carboxylic acids is 2. The smallest absolute Gasteiger partial charge is 0.652 e. The summed E-state index contributed by atoms with van der Waals surface area (Å²) in [4.78, 5) is 17.8. The average Bonchev–Trinajstić information content (AvgIpc) is 1.82. The van der Waals surface area contributed by atoms with Crippen molar-refractivity contribution in [1.29, 1.82) is 0 Å². The van der Waals surface area contributed by atoms with E-state index >= 15 is 0 Å². The van der Waals surface area contributed by atoms with Crippen LogP contribution in [0.25, 0.3) is 0 Å². The van der Waals surface area contributed by atoms with Crippen molar-refractivity contribution in [2.45, 2.75) is 13.3 Å². The van der Waals surface area contributed by atoms with Gasteiger partial charge in [0.05, 0.1) is 0 Å². The molecule has 0 aliphatic rings. The van der Waals surface area contributed by atoms with Crippen molar-refractivity contribution in [2.24, 2.45) is 0 Å². The van der Waals surface area contributed by atoms with Crippen LogP contribution in [0.15, 0.2) is 0 Å². The van der Waals surface area contributed by atoms with E-state index in [1.807, 2.05) is 5.92 Å². The van der Waals surface area contributed by atoms with Gasteiger partial charge in [0.1, 0.15) is 5.97 Å². The first kappa shape index (κ1) is 30.3. The Morgan fingerprint density at radius 1 is 1.07 bits per heavy atom. The maximum atomic E-state index is 9.47. The van der Waals surface area contributed by atoms with E-state index in [2.05, 4.69) is 5.92 Å². The first-order valence-electron chi connectivity index (χ1n) is 2.58. The summed E-state index contributed by atoms with van der Waals surface area (Å²) in [5.41, 5.74) is 0. The Morgan fingerprint density at radius 3 is 1.43 bits per heavy atom. The quantitative estimate of drug-likeness (QED) is 0.322. The van der Waals surface area contributed by atoms with Gasteiger partial charge < -0.3 is 24.9 Å². The van der Waals surface area contributed by atoms with E-state index in [1.165, 1.54) is 0 Å². The maximum absolute atomic E-state index is 9.47. The van der Waals surface area contributed by atoms with Gasteiger partial charge in [0.2, 0.25) is 0 Å². The predicted molar refractivity (Wildman–Crippen MR) is 28.5 cm³/mol. The van der Waals surface area contributed by atoms with Crippen LogP contribution in [0.4, 0.5) is 4.79 Å². The van der Waals surface area contributed by atoms with Crippen molar-refractivity contribution in [1.82, 2.24) is 0 Å². The molecule has 0 aromatic heterocycles. The Morgan fingerprint density at radius 2 is 1.36 bits per heavy atom. The molecule has 14 heavy (non-hydrogen) atoms. The molecule has 0 saturated carbocycles. The molecule has 0 N–H and O–H groups in total. The number of hydrogen-bond acceptors (Lipinski definition) is 5. The molecule has 5 nitrogen and oxygen atoms in total. The number of rotatable bonds is 0. The molecule has 62 valence electrons. The Balaban J connectivity index is -0.0000000347. The van der Waals surface area contributed by atoms with Crippen molar-refractivity contribution < 1.29 is 179 Å². The number of carboxylic acid groups (broad SMARTS) is 3. The van der Waals surface area contributed by atoms with Crippen LogP contribution in [-0.2, 0) is 4.79 Å². The molecule has 0 amide bonds. The maximum Gasteiger partial charge on any atom is 1.00 e. The molecule has 0 rings (SSSR count). The standard InChI is InChI=1S/C5H6O2.CH2O3.3K/c1-2-3-4-5(6)7;2-1(3)4;;;/h2H2,1H3,(H,6,7);(H2,2,3,4);;;/q;;3*+1/p-3. The van der Waals surface area contributed by atoms with Crippen LogP contribution in [0.2, 0.25) is 0 Å². The molecule has 0 aromatic carbocycles. The molecular weight excluding hydrogens is 269 g/mol. The SMILES string of the molecule is CCC#CC(=O)[O-].O=C([O-])[O-].[K+].[K+].[K+]. The van der Waals surface area contributed by atoms with Gasteiger partial charge in [0.25, 0.3) is 0 Å². The average molecular weight is 274 g/mol. The minimum absolute atomic E-state index is 0. The molecular formula is C6H5K3O5. The molecule has 0 atom stereocenters. The Labute approximate surface area is 210 Å². The van der Waals surface area contributed by atoms with Crippen LogP contribution in [0.5, 0.6) is 0 Å². The number of carbonyl (C=O) groups is 2. The van der Waals surface area contributed by atoms with Crippen molar-refractivity contribution >= 4 is 12.1 Å². The zero-order valence-electron chi connectivity index (χ0n) is 8.75. The van der Waals surface area contributed by atoms with Gasteiger partial charge >= 0.3 is 154 Å². The van der Waals surface area contributed by atoms with Crippen molar-refractivity contribution in [3.63, 3.8) is 0 Å². The van der Waals surface area contributed by atoms with E-state index in [0.29, 0.717) is 6.42 Å². The molecule has 0 aromatic rings. The summed E-state index contributed by atoms with van der Waals surface area (Å²) < 4.78 is 0. The molecule has 0 spiro atoms. The summed E-state index contributed by atoms with van der Waals surface area (Å²) in [5.74, 6) is 2.88. The van der Waals surface area contributed by atoms with Gasteiger partial charge in [-0.1, -0.05) is 12.8 Å². The fourth-order valence-corrected chi connectivity index (χ4v) is 0.161. The second-order valence-corrected chi connectivity index (χ2v) is 1.19. The van der Waals surface area contributed by atoms with Crippen molar-refractivity contribution in [3.05, 3.63) is 0 Å². The minimum atomic E-state index is -2.33. The van der Waals surface area contributed by atoms with Crippen molar-refractivity contribution in [2.75, 3.05) is 0 Å². The molecule has 0 unspecified atom stereocenters. The number of hydrogen-bond donors (Lipinski definition) is 0. The molecule has 0 saturated heterocycles. The van der Waals surface area contributed by atoms with E-state index in [-0.39, 0.29) is 154 Å². The Kier molecular flexibility index (Phi) is 54.5. The fourth-order valence-electron chi connectivity index (χ4n) is 0.161. The summed E-state index contributed by atoms with van der Waals surface area (Å²) in [6.45, 7) is 1.77. The predicted octanol–water partition coefficient (Wildman–Crippen LogP) is -12.3. The van der Waals surface area contributed by atoms with Gasteiger partial charge in [0, 0.05) is 6.42 Å². The monoisotopic (exact) mass is 274 g/mol. The van der Waals surface area contributed by atoms with Crippen LogP contribution in [0.1, 0.15) is 13.3 Å². The third-order valence-electron chi connectivity index (χ3n) is 0.367. The van der Waals surface area contributed by atoms with Gasteiger partial charge in [-0.15, -0.1) is 0 Å². The molecule has 8 heteroatoms. The van der Waals surface area contributed by atoms with E-state index in [1.54, 1.807) is 6.92 Å². The molecule has 0 bridgehead atoms. The summed E-state index contributed by atoms with van der Waals surface area (Å²) >= 11 is 0. The van der Waals surface area contributed by atoms with Gasteiger partial charge in [-0.3, -0.25) is 0 Å². The summed E-state index contributed by atoms with van der Waals surface area (Å²) in [6.07, 6.45) is -1.77. The Hall–Kier alpha value is 3.21. The first-order chi connectivity index (χ1) is 5.00. The zero-order valence-corrected chi connectivity index (χ0v) is 18.1. The van der Waals surface area contributed by atoms with E-state index in [9.17, 15) is 9.90 Å². The van der Waals surface area contributed by atoms with Crippen LogP contribution in [0, 0.1) is 11.8 Å². The van der Waals surface area contributed by atoms with Crippen LogP contribution in [0.3, 0.4) is 0 Å². The fraction of sp³-hybridized carbons (Fsp3) is 0.333. The van der Waals surface area contributed by atoms with E-state index in [4.69, 9.17) is 15.0 Å². The first-order valence-corrected chi connectivity index (χ1v) is 2.58. The second kappa shape index (κ2) is 25.2. The van der Waals surface area contributed by atoms with Crippen LogP contribution >= 0.6 is 0 Å². The molecule has 0 radical (unpaired) electrons. The van der Waals surface area contributed by atoms with E-state index in [0.717, 1.165) is 0 Å². The summed E-state index contributed by atoms with van der Waals surface area (Å²) in [5, 5.41) is 26.1. The minimum Gasteiger partial charge on any atom is -0.652 e. The van der Waals surface area contributed by atoms with Gasteiger partial charge in [-0.2, -0.15) is 0 Å². The summed E-state index contributed by atoms with van der Waals surface area (Å²) in [7, 11) is 0. The third-order valence-corrected chi connectivity index (χ3v) is 0.367.